The van der Waals surface area contributed by atoms with Crippen LogP contribution in [0.3, 0.4) is 0 Å². The summed E-state index contributed by atoms with van der Waals surface area (Å²) in [4.78, 5) is 13.5. The highest BCUT2D eigenvalue weighted by Crippen LogP contribution is 2.17. The van der Waals surface area contributed by atoms with E-state index in [0.717, 1.165) is 37.6 Å². The van der Waals surface area contributed by atoms with Crippen LogP contribution in [0.4, 0.5) is 5.82 Å². The van der Waals surface area contributed by atoms with Crippen LogP contribution in [0, 0.1) is 0 Å². The van der Waals surface area contributed by atoms with E-state index in [1.165, 1.54) is 0 Å². The summed E-state index contributed by atoms with van der Waals surface area (Å²) in [7, 11) is 2.17. The van der Waals surface area contributed by atoms with Crippen molar-refractivity contribution in [2.24, 2.45) is 5.73 Å². The number of likely N-dealkylation sites (N-methyl/N-ethyl adjacent to an activating group) is 1. The molecule has 0 radical (unpaired) electrons. The maximum Gasteiger partial charge on any atom is 0.147 e. The summed E-state index contributed by atoms with van der Waals surface area (Å²) in [6.45, 7) is 5.93. The Kier molecular flexibility index (Phi) is 3.91. The van der Waals surface area contributed by atoms with Crippen molar-refractivity contribution < 1.29 is 0 Å². The molecule has 0 aliphatic carbocycles. The van der Waals surface area contributed by atoms with Crippen LogP contribution >= 0.6 is 0 Å². The van der Waals surface area contributed by atoms with Crippen molar-refractivity contribution in [1.82, 2.24) is 14.9 Å². The average molecular weight is 235 g/mol. The minimum Gasteiger partial charge on any atom is -0.351 e. The van der Waals surface area contributed by atoms with Crippen molar-refractivity contribution in [2.75, 3.05) is 31.6 Å². The van der Waals surface area contributed by atoms with Gasteiger partial charge in [0.25, 0.3) is 0 Å². The molecule has 1 aliphatic rings. The van der Waals surface area contributed by atoms with E-state index in [1.54, 1.807) is 6.20 Å². The van der Waals surface area contributed by atoms with Crippen molar-refractivity contribution in [3.05, 3.63) is 18.1 Å². The highest BCUT2D eigenvalue weighted by atomic mass is 15.3. The molecule has 0 bridgehead atoms. The lowest BCUT2D eigenvalue weighted by atomic mass is 10.2. The molecule has 0 saturated carbocycles. The lowest BCUT2D eigenvalue weighted by molar-refractivity contribution is 0.337. The third-order valence-electron chi connectivity index (χ3n) is 3.22. The zero-order valence-electron chi connectivity index (χ0n) is 10.6. The molecular formula is C12H21N5. The Labute approximate surface area is 103 Å². The van der Waals surface area contributed by atoms with E-state index in [-0.39, 0.29) is 0 Å². The second-order valence-electron chi connectivity index (χ2n) is 4.73. The molecule has 1 aliphatic heterocycles. The van der Waals surface area contributed by atoms with Gasteiger partial charge in [-0.3, -0.25) is 4.98 Å². The number of anilines is 1. The van der Waals surface area contributed by atoms with Gasteiger partial charge in [0.1, 0.15) is 5.82 Å². The van der Waals surface area contributed by atoms with Gasteiger partial charge in [0.15, 0.2) is 0 Å². The number of nitrogens with zero attached hydrogens (tertiary/aromatic N) is 4. The van der Waals surface area contributed by atoms with Crippen molar-refractivity contribution in [3.8, 4) is 0 Å². The molecule has 1 atom stereocenters. The van der Waals surface area contributed by atoms with Gasteiger partial charge in [-0.2, -0.15) is 0 Å². The van der Waals surface area contributed by atoms with E-state index < -0.39 is 0 Å². The Hall–Kier alpha value is -1.20. The molecule has 17 heavy (non-hydrogen) atoms. The summed E-state index contributed by atoms with van der Waals surface area (Å²) >= 11 is 0. The van der Waals surface area contributed by atoms with E-state index in [2.05, 4.69) is 33.7 Å². The molecule has 0 aromatic carbocycles. The van der Waals surface area contributed by atoms with Crippen LogP contribution in [0.2, 0.25) is 0 Å². The summed E-state index contributed by atoms with van der Waals surface area (Å²) in [5.74, 6) is 0.954. The number of rotatable bonds is 2. The molecule has 94 valence electrons. The predicted octanol–water partition coefficient (Wildman–Crippen LogP) is 0.466. The lowest BCUT2D eigenvalue weighted by Crippen LogP contribution is -2.38. The molecule has 5 heteroatoms. The van der Waals surface area contributed by atoms with Gasteiger partial charge in [0.2, 0.25) is 0 Å². The fourth-order valence-corrected chi connectivity index (χ4v) is 2.34. The highest BCUT2D eigenvalue weighted by Gasteiger charge is 2.20. The Morgan fingerprint density at radius 1 is 1.41 bits per heavy atom. The third kappa shape index (κ3) is 2.92. The second kappa shape index (κ2) is 5.42. The third-order valence-corrected chi connectivity index (χ3v) is 3.22. The largest absolute Gasteiger partial charge is 0.351 e. The van der Waals surface area contributed by atoms with Gasteiger partial charge in [-0.15, -0.1) is 0 Å². The molecule has 2 N–H and O–H groups in total. The maximum absolute atomic E-state index is 5.61. The van der Waals surface area contributed by atoms with Crippen LogP contribution < -0.4 is 10.6 Å². The van der Waals surface area contributed by atoms with Gasteiger partial charge in [0.05, 0.1) is 11.9 Å². The van der Waals surface area contributed by atoms with Crippen molar-refractivity contribution in [2.45, 2.75) is 25.9 Å². The van der Waals surface area contributed by atoms with Crippen molar-refractivity contribution >= 4 is 5.82 Å². The van der Waals surface area contributed by atoms with Gasteiger partial charge in [-0.05, 0) is 26.9 Å². The highest BCUT2D eigenvalue weighted by molar-refractivity contribution is 5.38. The van der Waals surface area contributed by atoms with Gasteiger partial charge in [-0.1, -0.05) is 0 Å². The minimum absolute atomic E-state index is 0.447. The molecular weight excluding hydrogens is 214 g/mol. The second-order valence-corrected chi connectivity index (χ2v) is 4.73. The van der Waals surface area contributed by atoms with Crippen LogP contribution in [0.5, 0.6) is 0 Å². The minimum atomic E-state index is 0.447. The van der Waals surface area contributed by atoms with Gasteiger partial charge >= 0.3 is 0 Å². The SMILES string of the molecule is CC1CN(C)CCCN1c1cncc(CN)n1. The Morgan fingerprint density at radius 2 is 2.24 bits per heavy atom. The quantitative estimate of drug-likeness (QED) is 0.807. The molecule has 1 saturated heterocycles. The van der Waals surface area contributed by atoms with Gasteiger partial charge < -0.3 is 15.5 Å². The predicted molar refractivity (Wildman–Crippen MR) is 68.8 cm³/mol. The zero-order chi connectivity index (χ0) is 12.3. The Morgan fingerprint density at radius 3 is 3.00 bits per heavy atom. The van der Waals surface area contributed by atoms with E-state index >= 15 is 0 Å². The van der Waals surface area contributed by atoms with Crippen LogP contribution in [0.25, 0.3) is 0 Å². The molecule has 5 nitrogen and oxygen atoms in total. The topological polar surface area (TPSA) is 58.3 Å². The van der Waals surface area contributed by atoms with Crippen LogP contribution in [-0.4, -0.2) is 47.6 Å². The fraction of sp³-hybridized carbons (Fsp3) is 0.667. The van der Waals surface area contributed by atoms with Crippen LogP contribution in [0.1, 0.15) is 19.0 Å². The Balaban J connectivity index is 2.19. The molecule has 1 fully saturated rings. The number of aromatic nitrogens is 2. The smallest absolute Gasteiger partial charge is 0.147 e. The average Bonchev–Trinajstić information content (AvgIpc) is 2.50. The zero-order valence-corrected chi connectivity index (χ0v) is 10.6. The Bertz CT molecular complexity index is 368. The lowest BCUT2D eigenvalue weighted by Gasteiger charge is -2.28. The molecule has 1 aromatic rings. The summed E-state index contributed by atoms with van der Waals surface area (Å²) in [5.41, 5.74) is 6.46. The first-order valence-electron chi connectivity index (χ1n) is 6.17. The van der Waals surface area contributed by atoms with E-state index in [4.69, 9.17) is 5.73 Å². The standard InChI is InChI=1S/C12H21N5/c1-10-9-16(2)4-3-5-17(10)12-8-14-7-11(6-13)15-12/h7-8,10H,3-6,9,13H2,1-2H3. The summed E-state index contributed by atoms with van der Waals surface area (Å²) in [6, 6.07) is 0.463. The fourth-order valence-electron chi connectivity index (χ4n) is 2.34. The van der Waals surface area contributed by atoms with E-state index in [1.807, 2.05) is 6.20 Å². The molecule has 2 heterocycles. The monoisotopic (exact) mass is 235 g/mol. The van der Waals surface area contributed by atoms with E-state index in [0.29, 0.717) is 12.6 Å². The van der Waals surface area contributed by atoms with Crippen molar-refractivity contribution in [3.63, 3.8) is 0 Å². The first-order valence-corrected chi connectivity index (χ1v) is 6.17. The van der Waals surface area contributed by atoms with Gasteiger partial charge in [0, 0.05) is 31.9 Å². The molecule has 2 rings (SSSR count). The molecule has 1 unspecified atom stereocenters. The van der Waals surface area contributed by atoms with Crippen LogP contribution in [-0.2, 0) is 6.54 Å². The maximum atomic E-state index is 5.61. The van der Waals surface area contributed by atoms with Crippen molar-refractivity contribution in [1.29, 1.82) is 0 Å². The number of hydrogen-bond donors (Lipinski definition) is 1. The molecule has 1 aromatic heterocycles. The first kappa shape index (κ1) is 12.3. The molecule has 0 spiro atoms. The number of hydrogen-bond acceptors (Lipinski definition) is 5. The summed E-state index contributed by atoms with van der Waals surface area (Å²) in [5, 5.41) is 0. The van der Waals surface area contributed by atoms with Gasteiger partial charge in [-0.25, -0.2) is 4.98 Å². The van der Waals surface area contributed by atoms with E-state index in [9.17, 15) is 0 Å². The summed E-state index contributed by atoms with van der Waals surface area (Å²) in [6.07, 6.45) is 4.73. The van der Waals surface area contributed by atoms with Crippen LogP contribution in [0.15, 0.2) is 12.4 Å². The molecule has 0 amide bonds. The number of nitrogens with two attached hydrogens (primary N) is 1. The summed E-state index contributed by atoms with van der Waals surface area (Å²) < 4.78 is 0. The first-order chi connectivity index (χ1) is 8.20. The normalized spacial score (nSPS) is 22.5.